The normalized spacial score (nSPS) is 10.4. The minimum Gasteiger partial charge on any atom is -0.469 e. The summed E-state index contributed by atoms with van der Waals surface area (Å²) in [7, 11) is 0. The van der Waals surface area contributed by atoms with Crippen LogP contribution in [0, 0.1) is 0 Å². The van der Waals surface area contributed by atoms with Crippen LogP contribution in [0.2, 0.25) is 0 Å². The second-order valence-corrected chi connectivity index (χ2v) is 3.78. The molecule has 0 amide bonds. The van der Waals surface area contributed by atoms with E-state index in [1.54, 1.807) is 6.26 Å². The van der Waals surface area contributed by atoms with Crippen LogP contribution in [0.4, 0.5) is 0 Å². The molecular weight excluding hydrogens is 240 g/mol. The van der Waals surface area contributed by atoms with Crippen molar-refractivity contribution in [2.75, 3.05) is 0 Å². The second-order valence-electron chi connectivity index (χ2n) is 3.22. The lowest BCUT2D eigenvalue weighted by atomic mass is 10.1. The molecule has 1 heterocycles. The largest absolute Gasteiger partial charge is 0.469 e. The van der Waals surface area contributed by atoms with E-state index < -0.39 is 0 Å². The molecule has 0 aliphatic carbocycles. The molecule has 0 aliphatic rings. The Morgan fingerprint density at radius 2 is 1.86 bits per heavy atom. The van der Waals surface area contributed by atoms with E-state index in [-0.39, 0.29) is 0 Å². The van der Waals surface area contributed by atoms with Gasteiger partial charge in [0.15, 0.2) is 0 Å². The fourth-order valence-electron chi connectivity index (χ4n) is 1.39. The van der Waals surface area contributed by atoms with E-state index in [2.05, 4.69) is 34.1 Å². The number of rotatable bonds is 3. The highest BCUT2D eigenvalue weighted by atomic mass is 79.9. The first kappa shape index (κ1) is 9.53. The summed E-state index contributed by atoms with van der Waals surface area (Å²) in [5, 5.41) is 0.852. The molecule has 0 unspecified atom stereocenters. The van der Waals surface area contributed by atoms with Crippen molar-refractivity contribution in [1.82, 2.24) is 0 Å². The molecule has 0 N–H and O–H groups in total. The number of hydrogen-bond donors (Lipinski definition) is 0. The van der Waals surface area contributed by atoms with E-state index in [1.165, 1.54) is 11.1 Å². The van der Waals surface area contributed by atoms with Gasteiger partial charge in [0.1, 0.15) is 5.76 Å². The quantitative estimate of drug-likeness (QED) is 0.757. The summed E-state index contributed by atoms with van der Waals surface area (Å²) in [6.45, 7) is 0. The summed E-state index contributed by atoms with van der Waals surface area (Å²) in [4.78, 5) is 0. The first-order valence-electron chi connectivity index (χ1n) is 4.54. The second kappa shape index (κ2) is 4.47. The monoisotopic (exact) mass is 250 g/mol. The molecule has 72 valence electrons. The van der Waals surface area contributed by atoms with Gasteiger partial charge in [-0.2, -0.15) is 0 Å². The molecule has 0 bridgehead atoms. The Kier molecular flexibility index (Phi) is 3.04. The Morgan fingerprint density at radius 1 is 1.07 bits per heavy atom. The number of alkyl halides is 1. The van der Waals surface area contributed by atoms with Crippen LogP contribution in [0.5, 0.6) is 0 Å². The summed E-state index contributed by atoms with van der Waals surface area (Å²) in [5.74, 6) is 1.02. The van der Waals surface area contributed by atoms with E-state index in [4.69, 9.17) is 4.42 Å². The Bertz CT molecular complexity index is 392. The van der Waals surface area contributed by atoms with Crippen molar-refractivity contribution in [3.05, 3.63) is 59.5 Å². The van der Waals surface area contributed by atoms with E-state index in [0.717, 1.165) is 17.5 Å². The summed E-state index contributed by atoms with van der Waals surface area (Å²) >= 11 is 3.40. The number of furan rings is 1. The Hall–Kier alpha value is -1.02. The smallest absolute Gasteiger partial charge is 0.108 e. The molecular formula is C12H11BrO. The van der Waals surface area contributed by atoms with E-state index in [0.29, 0.717) is 0 Å². The van der Waals surface area contributed by atoms with Gasteiger partial charge in [-0.3, -0.25) is 0 Å². The summed E-state index contributed by atoms with van der Waals surface area (Å²) in [5.41, 5.74) is 2.47. The Balaban J connectivity index is 2.11. The van der Waals surface area contributed by atoms with Crippen molar-refractivity contribution in [2.24, 2.45) is 0 Å². The molecule has 0 radical (unpaired) electrons. The van der Waals surface area contributed by atoms with Gasteiger partial charge >= 0.3 is 0 Å². The SMILES string of the molecule is BrCc1coc(Cc2ccccc2)c1. The van der Waals surface area contributed by atoms with Crippen molar-refractivity contribution < 1.29 is 4.42 Å². The molecule has 1 nitrogen and oxygen atoms in total. The zero-order valence-electron chi connectivity index (χ0n) is 7.74. The lowest BCUT2D eigenvalue weighted by molar-refractivity contribution is 0.519. The van der Waals surface area contributed by atoms with Gasteiger partial charge in [0.2, 0.25) is 0 Å². The maximum atomic E-state index is 5.43. The maximum absolute atomic E-state index is 5.43. The highest BCUT2D eigenvalue weighted by Crippen LogP contribution is 2.14. The van der Waals surface area contributed by atoms with Gasteiger partial charge in [-0.15, -0.1) is 0 Å². The fourth-order valence-corrected chi connectivity index (χ4v) is 1.68. The average Bonchev–Trinajstić information content (AvgIpc) is 2.67. The van der Waals surface area contributed by atoms with Crippen molar-refractivity contribution >= 4 is 15.9 Å². The minimum atomic E-state index is 0.852. The highest BCUT2D eigenvalue weighted by Gasteiger charge is 2.01. The van der Waals surface area contributed by atoms with Crippen LogP contribution in [0.25, 0.3) is 0 Å². The van der Waals surface area contributed by atoms with Crippen LogP contribution < -0.4 is 0 Å². The van der Waals surface area contributed by atoms with Gasteiger partial charge in [0, 0.05) is 17.3 Å². The van der Waals surface area contributed by atoms with Crippen LogP contribution in [-0.2, 0) is 11.8 Å². The Labute approximate surface area is 91.9 Å². The van der Waals surface area contributed by atoms with Crippen molar-refractivity contribution in [3.63, 3.8) is 0 Å². The fraction of sp³-hybridized carbons (Fsp3) is 0.167. The third kappa shape index (κ3) is 2.26. The molecule has 0 saturated heterocycles. The molecule has 1 aromatic heterocycles. The molecule has 0 atom stereocenters. The lowest BCUT2D eigenvalue weighted by Crippen LogP contribution is -1.83. The molecule has 14 heavy (non-hydrogen) atoms. The van der Waals surface area contributed by atoms with E-state index >= 15 is 0 Å². The van der Waals surface area contributed by atoms with Gasteiger partial charge in [-0.1, -0.05) is 46.3 Å². The van der Waals surface area contributed by atoms with Crippen LogP contribution in [0.15, 0.2) is 47.1 Å². The van der Waals surface area contributed by atoms with E-state index in [1.807, 2.05) is 18.2 Å². The predicted octanol–water partition coefficient (Wildman–Crippen LogP) is 3.77. The third-order valence-electron chi connectivity index (χ3n) is 2.08. The van der Waals surface area contributed by atoms with Gasteiger partial charge in [0.25, 0.3) is 0 Å². The molecule has 2 rings (SSSR count). The number of benzene rings is 1. The van der Waals surface area contributed by atoms with Crippen LogP contribution in [-0.4, -0.2) is 0 Å². The maximum Gasteiger partial charge on any atom is 0.108 e. The summed E-state index contributed by atoms with van der Waals surface area (Å²) < 4.78 is 5.43. The van der Waals surface area contributed by atoms with Crippen LogP contribution in [0.3, 0.4) is 0 Å². The first-order valence-corrected chi connectivity index (χ1v) is 5.67. The number of hydrogen-bond acceptors (Lipinski definition) is 1. The zero-order chi connectivity index (χ0) is 9.80. The standard InChI is InChI=1S/C12H11BrO/c13-8-11-7-12(14-9-11)6-10-4-2-1-3-5-10/h1-5,7,9H,6,8H2. The molecule has 2 heteroatoms. The van der Waals surface area contributed by atoms with Gasteiger partial charge in [-0.25, -0.2) is 0 Å². The van der Waals surface area contributed by atoms with Crippen molar-refractivity contribution in [3.8, 4) is 0 Å². The molecule has 0 fully saturated rings. The highest BCUT2D eigenvalue weighted by molar-refractivity contribution is 9.08. The number of halogens is 1. The topological polar surface area (TPSA) is 13.1 Å². The molecule has 1 aromatic carbocycles. The zero-order valence-corrected chi connectivity index (χ0v) is 9.33. The van der Waals surface area contributed by atoms with Crippen LogP contribution >= 0.6 is 15.9 Å². The van der Waals surface area contributed by atoms with Crippen LogP contribution in [0.1, 0.15) is 16.9 Å². The van der Waals surface area contributed by atoms with Crippen molar-refractivity contribution in [1.29, 1.82) is 0 Å². The first-order chi connectivity index (χ1) is 6.88. The summed E-state index contributed by atoms with van der Waals surface area (Å²) in [6, 6.07) is 12.4. The Morgan fingerprint density at radius 3 is 2.50 bits per heavy atom. The molecule has 0 spiro atoms. The van der Waals surface area contributed by atoms with Crippen molar-refractivity contribution in [2.45, 2.75) is 11.8 Å². The lowest BCUT2D eigenvalue weighted by Gasteiger charge is -1.95. The predicted molar refractivity (Wildman–Crippen MR) is 60.6 cm³/mol. The minimum absolute atomic E-state index is 0.852. The third-order valence-corrected chi connectivity index (χ3v) is 2.73. The molecule has 0 aliphatic heterocycles. The molecule has 2 aromatic rings. The summed E-state index contributed by atoms with van der Waals surface area (Å²) in [6.07, 6.45) is 2.67. The van der Waals surface area contributed by atoms with Gasteiger partial charge in [-0.05, 0) is 11.6 Å². The van der Waals surface area contributed by atoms with E-state index in [9.17, 15) is 0 Å². The van der Waals surface area contributed by atoms with Gasteiger partial charge in [0.05, 0.1) is 6.26 Å². The van der Waals surface area contributed by atoms with Gasteiger partial charge < -0.3 is 4.42 Å². The average molecular weight is 251 g/mol. The molecule has 0 saturated carbocycles.